The van der Waals surface area contributed by atoms with Crippen molar-refractivity contribution in [3.63, 3.8) is 0 Å². The predicted octanol–water partition coefficient (Wildman–Crippen LogP) is 2.16. The van der Waals surface area contributed by atoms with Crippen molar-refractivity contribution in [3.8, 4) is 0 Å². The maximum absolute atomic E-state index is 10.8. The molecule has 0 aromatic carbocycles. The highest BCUT2D eigenvalue weighted by Crippen LogP contribution is 2.25. The molecule has 76 valence electrons. The van der Waals surface area contributed by atoms with E-state index >= 15 is 0 Å². The molecule has 2 rings (SSSR count). The first-order valence-electron chi connectivity index (χ1n) is 4.62. The molecule has 1 atom stereocenters. The zero-order valence-electron chi connectivity index (χ0n) is 7.65. The normalized spacial score (nSPS) is 22.2. The summed E-state index contributed by atoms with van der Waals surface area (Å²) in [6.45, 7) is 0.750. The van der Waals surface area contributed by atoms with E-state index in [4.69, 9.17) is 4.74 Å². The van der Waals surface area contributed by atoms with Crippen molar-refractivity contribution in [1.29, 1.82) is 0 Å². The quantitative estimate of drug-likeness (QED) is 0.764. The van der Waals surface area contributed by atoms with Crippen LogP contribution < -0.4 is 0 Å². The van der Waals surface area contributed by atoms with Gasteiger partial charge in [0.15, 0.2) is 12.5 Å². The summed E-state index contributed by atoms with van der Waals surface area (Å²) in [4.78, 5) is 10.8. The number of halogens is 1. The summed E-state index contributed by atoms with van der Waals surface area (Å²) < 4.78 is 7.91. The summed E-state index contributed by atoms with van der Waals surface area (Å²) in [7, 11) is 0. The Morgan fingerprint density at radius 3 is 3.14 bits per heavy atom. The molecule has 5 heteroatoms. The summed E-state index contributed by atoms with van der Waals surface area (Å²) in [6.07, 6.45) is 5.50. The van der Waals surface area contributed by atoms with Gasteiger partial charge in [-0.15, -0.1) is 0 Å². The highest BCUT2D eigenvalue weighted by atomic mass is 79.9. The Balaban J connectivity index is 2.25. The Bertz CT molecular complexity index is 332. The standard InChI is InChI=1S/C9H11BrN2O2/c10-7-5-11-12(8(7)6-13)9-3-1-2-4-14-9/h5-6,9H,1-4H2/t9-/m1/s1. The van der Waals surface area contributed by atoms with E-state index in [0.717, 1.165) is 36.6 Å². The number of ether oxygens (including phenoxy) is 1. The van der Waals surface area contributed by atoms with Crippen molar-refractivity contribution in [1.82, 2.24) is 9.78 Å². The van der Waals surface area contributed by atoms with E-state index < -0.39 is 0 Å². The Kier molecular flexibility index (Phi) is 2.98. The van der Waals surface area contributed by atoms with Crippen LogP contribution in [-0.4, -0.2) is 22.7 Å². The van der Waals surface area contributed by atoms with E-state index in [9.17, 15) is 4.79 Å². The second kappa shape index (κ2) is 4.23. The topological polar surface area (TPSA) is 44.1 Å². The molecule has 0 unspecified atom stereocenters. The first kappa shape index (κ1) is 9.86. The Morgan fingerprint density at radius 1 is 1.64 bits per heavy atom. The van der Waals surface area contributed by atoms with Crippen molar-refractivity contribution in [2.75, 3.05) is 6.61 Å². The highest BCUT2D eigenvalue weighted by molar-refractivity contribution is 9.10. The number of nitrogens with zero attached hydrogens (tertiary/aromatic N) is 2. The molecular weight excluding hydrogens is 248 g/mol. The SMILES string of the molecule is O=Cc1c(Br)cnn1[C@H]1CCCCO1. The minimum Gasteiger partial charge on any atom is -0.356 e. The van der Waals surface area contributed by atoms with Gasteiger partial charge < -0.3 is 4.74 Å². The van der Waals surface area contributed by atoms with Crippen molar-refractivity contribution in [2.45, 2.75) is 25.5 Å². The average Bonchev–Trinajstić information content (AvgIpc) is 2.61. The fraction of sp³-hybridized carbons (Fsp3) is 0.556. The molecule has 0 bridgehead atoms. The van der Waals surface area contributed by atoms with Crippen LogP contribution in [0.4, 0.5) is 0 Å². The Hall–Kier alpha value is -0.680. The number of carbonyl (C=O) groups excluding carboxylic acids is 1. The van der Waals surface area contributed by atoms with E-state index in [1.54, 1.807) is 10.9 Å². The summed E-state index contributed by atoms with van der Waals surface area (Å²) in [5.41, 5.74) is 0.553. The van der Waals surface area contributed by atoms with Gasteiger partial charge in [-0.3, -0.25) is 4.79 Å². The van der Waals surface area contributed by atoms with Gasteiger partial charge >= 0.3 is 0 Å². The van der Waals surface area contributed by atoms with E-state index in [-0.39, 0.29) is 6.23 Å². The molecule has 2 heterocycles. The van der Waals surface area contributed by atoms with Crippen LogP contribution in [0.2, 0.25) is 0 Å². The van der Waals surface area contributed by atoms with E-state index in [1.165, 1.54) is 0 Å². The lowest BCUT2D eigenvalue weighted by Crippen LogP contribution is -2.20. The van der Waals surface area contributed by atoms with Crippen LogP contribution in [0.25, 0.3) is 0 Å². The van der Waals surface area contributed by atoms with E-state index in [2.05, 4.69) is 21.0 Å². The Labute approximate surface area is 90.4 Å². The maximum Gasteiger partial charge on any atom is 0.169 e. The van der Waals surface area contributed by atoms with Crippen LogP contribution in [0.5, 0.6) is 0 Å². The van der Waals surface area contributed by atoms with E-state index in [1.807, 2.05) is 0 Å². The molecule has 1 aliphatic rings. The smallest absolute Gasteiger partial charge is 0.169 e. The molecule has 0 radical (unpaired) electrons. The largest absolute Gasteiger partial charge is 0.356 e. The number of hydrogen-bond donors (Lipinski definition) is 0. The third kappa shape index (κ3) is 1.74. The number of aromatic nitrogens is 2. The molecule has 1 aromatic heterocycles. The van der Waals surface area contributed by atoms with Gasteiger partial charge in [-0.2, -0.15) is 5.10 Å². The van der Waals surface area contributed by atoms with Crippen molar-refractivity contribution >= 4 is 22.2 Å². The molecule has 1 saturated heterocycles. The van der Waals surface area contributed by atoms with Gasteiger partial charge in [0, 0.05) is 6.61 Å². The predicted molar refractivity (Wildman–Crippen MR) is 54.2 cm³/mol. The maximum atomic E-state index is 10.8. The highest BCUT2D eigenvalue weighted by Gasteiger charge is 2.20. The average molecular weight is 259 g/mol. The minimum absolute atomic E-state index is 0.0738. The molecule has 1 aliphatic heterocycles. The van der Waals surface area contributed by atoms with Gasteiger partial charge in [-0.1, -0.05) is 0 Å². The van der Waals surface area contributed by atoms with Gasteiger partial charge in [0.25, 0.3) is 0 Å². The van der Waals surface area contributed by atoms with Gasteiger partial charge in [0.2, 0.25) is 0 Å². The first-order valence-corrected chi connectivity index (χ1v) is 5.42. The van der Waals surface area contributed by atoms with Crippen molar-refractivity contribution in [2.24, 2.45) is 0 Å². The molecule has 0 N–H and O–H groups in total. The van der Waals surface area contributed by atoms with Gasteiger partial charge in [-0.25, -0.2) is 4.68 Å². The minimum atomic E-state index is -0.0738. The lowest BCUT2D eigenvalue weighted by molar-refractivity contribution is -0.0403. The molecule has 0 spiro atoms. The zero-order valence-corrected chi connectivity index (χ0v) is 9.24. The third-order valence-electron chi connectivity index (χ3n) is 2.33. The fourth-order valence-corrected chi connectivity index (χ4v) is 1.97. The number of rotatable bonds is 2. The second-order valence-electron chi connectivity index (χ2n) is 3.26. The van der Waals surface area contributed by atoms with Crippen LogP contribution in [0.15, 0.2) is 10.7 Å². The molecule has 0 saturated carbocycles. The van der Waals surface area contributed by atoms with Crippen molar-refractivity contribution in [3.05, 3.63) is 16.4 Å². The van der Waals surface area contributed by atoms with Crippen molar-refractivity contribution < 1.29 is 9.53 Å². The molecule has 0 aliphatic carbocycles. The number of carbonyl (C=O) groups is 1. The fourth-order valence-electron chi connectivity index (χ4n) is 1.61. The summed E-state index contributed by atoms with van der Waals surface area (Å²) >= 11 is 3.27. The van der Waals surface area contributed by atoms with Crippen LogP contribution in [0, 0.1) is 0 Å². The molecular formula is C9H11BrN2O2. The third-order valence-corrected chi connectivity index (χ3v) is 2.94. The summed E-state index contributed by atoms with van der Waals surface area (Å²) in [5.74, 6) is 0. The van der Waals surface area contributed by atoms with E-state index in [0.29, 0.717) is 5.69 Å². The zero-order chi connectivity index (χ0) is 9.97. The van der Waals surface area contributed by atoms with Gasteiger partial charge in [-0.05, 0) is 35.2 Å². The van der Waals surface area contributed by atoms with Gasteiger partial charge in [0.1, 0.15) is 5.69 Å². The number of hydrogen-bond acceptors (Lipinski definition) is 3. The molecule has 1 aromatic rings. The molecule has 1 fully saturated rings. The monoisotopic (exact) mass is 258 g/mol. The molecule has 4 nitrogen and oxygen atoms in total. The number of aldehydes is 1. The lowest BCUT2D eigenvalue weighted by atomic mass is 10.2. The Morgan fingerprint density at radius 2 is 2.50 bits per heavy atom. The van der Waals surface area contributed by atoms with Crippen LogP contribution in [-0.2, 0) is 4.74 Å². The van der Waals surface area contributed by atoms with Gasteiger partial charge in [0.05, 0.1) is 10.7 Å². The summed E-state index contributed by atoms with van der Waals surface area (Å²) in [6, 6.07) is 0. The lowest BCUT2D eigenvalue weighted by Gasteiger charge is -2.23. The van der Waals surface area contributed by atoms with Crippen LogP contribution in [0.3, 0.4) is 0 Å². The second-order valence-corrected chi connectivity index (χ2v) is 4.12. The van der Waals surface area contributed by atoms with Crippen LogP contribution in [0.1, 0.15) is 36.0 Å². The summed E-state index contributed by atoms with van der Waals surface area (Å²) in [5, 5.41) is 4.12. The molecule has 14 heavy (non-hydrogen) atoms. The first-order chi connectivity index (χ1) is 6.83. The van der Waals surface area contributed by atoms with Crippen LogP contribution >= 0.6 is 15.9 Å². The molecule has 0 amide bonds.